The van der Waals surface area contributed by atoms with Crippen molar-refractivity contribution in [3.05, 3.63) is 90.4 Å². The molecule has 2 aromatic carbocycles. The summed E-state index contributed by atoms with van der Waals surface area (Å²) in [7, 11) is 0. The minimum atomic E-state index is -0.713. The molecule has 4 aromatic rings. The Labute approximate surface area is 216 Å². The maximum atomic E-state index is 13.3. The molecule has 1 atom stereocenters. The summed E-state index contributed by atoms with van der Waals surface area (Å²) in [6.07, 6.45) is 10.5. The van der Waals surface area contributed by atoms with Crippen LogP contribution in [0.2, 0.25) is 0 Å². The number of nitrogens with zero attached hydrogens (tertiary/aromatic N) is 1. The van der Waals surface area contributed by atoms with Crippen molar-refractivity contribution in [1.29, 1.82) is 0 Å². The molecule has 0 radical (unpaired) electrons. The van der Waals surface area contributed by atoms with E-state index in [9.17, 15) is 9.59 Å². The van der Waals surface area contributed by atoms with Crippen LogP contribution in [0.1, 0.15) is 43.2 Å². The van der Waals surface area contributed by atoms with E-state index in [4.69, 9.17) is 4.74 Å². The smallest absolute Gasteiger partial charge is 0.247 e. The van der Waals surface area contributed by atoms with Gasteiger partial charge in [0.1, 0.15) is 18.4 Å². The molecular formula is C30H32N4O3. The van der Waals surface area contributed by atoms with Crippen molar-refractivity contribution in [2.75, 3.05) is 5.32 Å². The predicted molar refractivity (Wildman–Crippen MR) is 144 cm³/mol. The Hall–Kier alpha value is -4.13. The van der Waals surface area contributed by atoms with Crippen LogP contribution in [0, 0.1) is 5.92 Å². The second-order valence-corrected chi connectivity index (χ2v) is 9.62. The van der Waals surface area contributed by atoms with Crippen LogP contribution in [0.3, 0.4) is 0 Å². The van der Waals surface area contributed by atoms with E-state index in [1.807, 2.05) is 54.7 Å². The van der Waals surface area contributed by atoms with Gasteiger partial charge in [-0.25, -0.2) is 0 Å². The molecule has 7 nitrogen and oxygen atoms in total. The third-order valence-electron chi connectivity index (χ3n) is 6.97. The molecule has 1 fully saturated rings. The fourth-order valence-electron chi connectivity index (χ4n) is 4.91. The topological polar surface area (TPSA) is 96.1 Å². The molecule has 0 spiro atoms. The summed E-state index contributed by atoms with van der Waals surface area (Å²) in [5.41, 5.74) is 3.63. The van der Waals surface area contributed by atoms with E-state index in [1.165, 1.54) is 6.42 Å². The van der Waals surface area contributed by atoms with Crippen molar-refractivity contribution in [3.63, 3.8) is 0 Å². The van der Waals surface area contributed by atoms with Gasteiger partial charge in [-0.2, -0.15) is 0 Å². The number of pyridine rings is 1. The highest BCUT2D eigenvalue weighted by Crippen LogP contribution is 2.27. The molecule has 1 aliphatic rings. The lowest BCUT2D eigenvalue weighted by Gasteiger charge is -2.24. The Bertz CT molecular complexity index is 1330. The van der Waals surface area contributed by atoms with Crippen molar-refractivity contribution in [1.82, 2.24) is 15.3 Å². The Balaban J connectivity index is 1.35. The Kier molecular flexibility index (Phi) is 7.79. The zero-order chi connectivity index (χ0) is 25.5. The van der Waals surface area contributed by atoms with Crippen LogP contribution in [-0.4, -0.2) is 27.8 Å². The van der Waals surface area contributed by atoms with Crippen LogP contribution in [-0.2, 0) is 22.6 Å². The van der Waals surface area contributed by atoms with Gasteiger partial charge in [-0.05, 0) is 54.3 Å². The molecule has 1 saturated carbocycles. The van der Waals surface area contributed by atoms with Gasteiger partial charge in [0.25, 0.3) is 0 Å². The largest absolute Gasteiger partial charge is 0.489 e. The number of benzene rings is 2. The van der Waals surface area contributed by atoms with Crippen molar-refractivity contribution in [3.8, 4) is 5.75 Å². The third kappa shape index (κ3) is 6.36. The highest BCUT2D eigenvalue weighted by atomic mass is 16.5. The number of hydrogen-bond acceptors (Lipinski definition) is 4. The van der Waals surface area contributed by atoms with Crippen molar-refractivity contribution in [2.45, 2.75) is 51.2 Å². The van der Waals surface area contributed by atoms with E-state index in [1.54, 1.807) is 24.5 Å². The van der Waals surface area contributed by atoms with Gasteiger partial charge >= 0.3 is 0 Å². The molecule has 0 bridgehead atoms. The minimum Gasteiger partial charge on any atom is -0.489 e. The lowest BCUT2D eigenvalue weighted by molar-refractivity contribution is -0.130. The standard InChI is InChI=1S/C30H32N4O3/c35-29(22-9-5-2-6-10-22)34-28(30(36)33-24-13-15-31-16-14-24)17-23-19-32-27-12-11-25(18-26(23)27)37-20-21-7-3-1-4-8-21/h1,3-4,7-8,11-16,18-19,22,28,32H,2,5-6,9-10,17,20H2,(H,34,35)(H,31,33,36)/t28-/m0/s1. The van der Waals surface area contributed by atoms with Crippen molar-refractivity contribution >= 4 is 28.4 Å². The first-order chi connectivity index (χ1) is 18.2. The molecule has 190 valence electrons. The second kappa shape index (κ2) is 11.7. The van der Waals surface area contributed by atoms with E-state index in [0.717, 1.165) is 53.5 Å². The van der Waals surface area contributed by atoms with E-state index < -0.39 is 6.04 Å². The molecule has 0 saturated heterocycles. The summed E-state index contributed by atoms with van der Waals surface area (Å²) in [4.78, 5) is 33.7. The molecule has 3 N–H and O–H groups in total. The van der Waals surface area contributed by atoms with Gasteiger partial charge in [0.05, 0.1) is 0 Å². The summed E-state index contributed by atoms with van der Waals surface area (Å²) in [5, 5.41) is 6.96. The summed E-state index contributed by atoms with van der Waals surface area (Å²) >= 11 is 0. The first-order valence-corrected chi connectivity index (χ1v) is 12.9. The number of ether oxygens (including phenoxy) is 1. The predicted octanol–water partition coefficient (Wildman–Crippen LogP) is 5.39. The second-order valence-electron chi connectivity index (χ2n) is 9.62. The van der Waals surface area contributed by atoms with Crippen molar-refractivity contribution < 1.29 is 14.3 Å². The number of amides is 2. The van der Waals surface area contributed by atoms with E-state index >= 15 is 0 Å². The number of carbonyl (C=O) groups is 2. The molecule has 2 amide bonds. The molecule has 5 rings (SSSR count). The van der Waals surface area contributed by atoms with Gasteiger partial charge in [-0.3, -0.25) is 14.6 Å². The van der Waals surface area contributed by atoms with Crippen LogP contribution >= 0.6 is 0 Å². The lowest BCUT2D eigenvalue weighted by atomic mass is 9.88. The molecule has 37 heavy (non-hydrogen) atoms. The quantitative estimate of drug-likeness (QED) is 0.290. The minimum absolute atomic E-state index is 0.0362. The highest BCUT2D eigenvalue weighted by Gasteiger charge is 2.27. The number of hydrogen-bond donors (Lipinski definition) is 3. The molecule has 2 heterocycles. The molecule has 7 heteroatoms. The average molecular weight is 497 g/mol. The van der Waals surface area contributed by atoms with Gasteiger partial charge in [0, 0.05) is 47.5 Å². The fourth-order valence-corrected chi connectivity index (χ4v) is 4.91. The van der Waals surface area contributed by atoms with E-state index in [0.29, 0.717) is 18.7 Å². The normalized spacial score (nSPS) is 14.7. The van der Waals surface area contributed by atoms with Gasteiger partial charge in [0.15, 0.2) is 0 Å². The Morgan fingerprint density at radius 1 is 1.00 bits per heavy atom. The van der Waals surface area contributed by atoms with Crippen molar-refractivity contribution in [2.24, 2.45) is 5.92 Å². The molecule has 0 unspecified atom stereocenters. The maximum absolute atomic E-state index is 13.3. The lowest BCUT2D eigenvalue weighted by Crippen LogP contribution is -2.47. The van der Waals surface area contributed by atoms with Crippen LogP contribution < -0.4 is 15.4 Å². The molecule has 1 aliphatic carbocycles. The van der Waals surface area contributed by atoms with Gasteiger partial charge in [0.2, 0.25) is 11.8 Å². The summed E-state index contributed by atoms with van der Waals surface area (Å²) in [6.45, 7) is 0.473. The number of fused-ring (bicyclic) bond motifs is 1. The summed E-state index contributed by atoms with van der Waals surface area (Å²) in [5.74, 6) is 0.426. The average Bonchev–Trinajstić information content (AvgIpc) is 3.35. The van der Waals surface area contributed by atoms with Crippen LogP contribution in [0.5, 0.6) is 5.75 Å². The number of carbonyl (C=O) groups excluding carboxylic acids is 2. The first-order valence-electron chi connectivity index (χ1n) is 12.9. The highest BCUT2D eigenvalue weighted by molar-refractivity contribution is 5.98. The zero-order valence-corrected chi connectivity index (χ0v) is 20.8. The number of aromatic amines is 1. The molecule has 0 aliphatic heterocycles. The van der Waals surface area contributed by atoms with Crippen LogP contribution in [0.4, 0.5) is 5.69 Å². The first kappa shape index (κ1) is 24.6. The number of nitrogens with one attached hydrogen (secondary N) is 3. The van der Waals surface area contributed by atoms with E-state index in [2.05, 4.69) is 20.6 Å². The van der Waals surface area contributed by atoms with E-state index in [-0.39, 0.29) is 17.7 Å². The summed E-state index contributed by atoms with van der Waals surface area (Å²) in [6, 6.07) is 18.7. The third-order valence-corrected chi connectivity index (χ3v) is 6.97. The Morgan fingerprint density at radius 2 is 1.78 bits per heavy atom. The number of rotatable bonds is 9. The SMILES string of the molecule is O=C(N[C@@H](Cc1c[nH]c2ccc(OCc3ccccc3)cc12)C(=O)Nc1ccncc1)C1CCCCC1. The van der Waals surface area contributed by atoms with Gasteiger partial charge in [-0.1, -0.05) is 49.6 Å². The molecular weight excluding hydrogens is 464 g/mol. The van der Waals surface area contributed by atoms with Gasteiger partial charge < -0.3 is 20.4 Å². The monoisotopic (exact) mass is 496 g/mol. The zero-order valence-electron chi connectivity index (χ0n) is 20.8. The molecule has 2 aromatic heterocycles. The van der Waals surface area contributed by atoms with Crippen LogP contribution in [0.15, 0.2) is 79.3 Å². The van der Waals surface area contributed by atoms with Gasteiger partial charge in [-0.15, -0.1) is 0 Å². The number of H-pyrrole nitrogens is 1. The summed E-state index contributed by atoms with van der Waals surface area (Å²) < 4.78 is 6.03. The fraction of sp³-hybridized carbons (Fsp3) is 0.300. The Morgan fingerprint density at radius 3 is 2.57 bits per heavy atom. The maximum Gasteiger partial charge on any atom is 0.247 e. The number of anilines is 1. The number of aromatic nitrogens is 2. The van der Waals surface area contributed by atoms with Crippen LogP contribution in [0.25, 0.3) is 10.9 Å².